The van der Waals surface area contributed by atoms with Crippen LogP contribution in [0.5, 0.6) is 0 Å². The van der Waals surface area contributed by atoms with E-state index in [1.807, 2.05) is 0 Å². The summed E-state index contributed by atoms with van der Waals surface area (Å²) in [4.78, 5) is 12.9. The SMILES string of the molecule is CC1(CCO)CN(c2cccc(C(F)(F)F)c2)C(=O)O1. The summed E-state index contributed by atoms with van der Waals surface area (Å²) >= 11 is 0. The second kappa shape index (κ2) is 4.97. The van der Waals surface area contributed by atoms with Crippen LogP contribution in [0.25, 0.3) is 0 Å². The fourth-order valence-electron chi connectivity index (χ4n) is 2.11. The van der Waals surface area contributed by atoms with Gasteiger partial charge in [0.1, 0.15) is 5.60 Å². The highest BCUT2D eigenvalue weighted by atomic mass is 19.4. The highest BCUT2D eigenvalue weighted by Crippen LogP contribution is 2.34. The van der Waals surface area contributed by atoms with E-state index >= 15 is 0 Å². The Morgan fingerprint density at radius 3 is 2.75 bits per heavy atom. The van der Waals surface area contributed by atoms with Crippen LogP contribution < -0.4 is 4.90 Å². The van der Waals surface area contributed by atoms with Crippen molar-refractivity contribution in [3.63, 3.8) is 0 Å². The smallest absolute Gasteiger partial charge is 0.416 e. The van der Waals surface area contributed by atoms with E-state index in [-0.39, 0.29) is 25.3 Å². The van der Waals surface area contributed by atoms with Gasteiger partial charge in [-0.3, -0.25) is 4.90 Å². The highest BCUT2D eigenvalue weighted by molar-refractivity contribution is 5.90. The molecule has 2 rings (SSSR count). The number of rotatable bonds is 3. The van der Waals surface area contributed by atoms with E-state index in [9.17, 15) is 18.0 Å². The first kappa shape index (κ1) is 14.6. The molecule has 1 saturated heterocycles. The zero-order valence-corrected chi connectivity index (χ0v) is 10.8. The van der Waals surface area contributed by atoms with Crippen molar-refractivity contribution in [3.8, 4) is 0 Å². The highest BCUT2D eigenvalue weighted by Gasteiger charge is 2.42. The third kappa shape index (κ3) is 2.87. The van der Waals surface area contributed by atoms with Gasteiger partial charge in [-0.25, -0.2) is 4.79 Å². The van der Waals surface area contributed by atoms with E-state index in [1.165, 1.54) is 12.1 Å². The summed E-state index contributed by atoms with van der Waals surface area (Å²) in [6, 6.07) is 4.51. The Bertz CT molecular complexity index is 518. The van der Waals surface area contributed by atoms with Gasteiger partial charge in [0.2, 0.25) is 0 Å². The van der Waals surface area contributed by atoms with Crippen LogP contribution in [0.15, 0.2) is 24.3 Å². The molecule has 4 nitrogen and oxygen atoms in total. The number of anilines is 1. The standard InChI is InChI=1S/C13H14F3NO3/c1-12(5-6-18)8-17(11(19)20-12)10-4-2-3-9(7-10)13(14,15)16/h2-4,7,18H,5-6,8H2,1H3. The molecule has 0 aromatic heterocycles. The van der Waals surface area contributed by atoms with Crippen LogP contribution >= 0.6 is 0 Å². The lowest BCUT2D eigenvalue weighted by molar-refractivity contribution is -0.137. The fraction of sp³-hybridized carbons (Fsp3) is 0.462. The van der Waals surface area contributed by atoms with Gasteiger partial charge in [0.25, 0.3) is 0 Å². The molecule has 1 N–H and O–H groups in total. The average Bonchev–Trinajstić information content (AvgIpc) is 2.64. The van der Waals surface area contributed by atoms with Gasteiger partial charge < -0.3 is 9.84 Å². The molecule has 0 radical (unpaired) electrons. The molecule has 1 unspecified atom stereocenters. The Balaban J connectivity index is 2.27. The molecule has 0 spiro atoms. The van der Waals surface area contributed by atoms with Crippen molar-refractivity contribution in [2.75, 3.05) is 18.1 Å². The Morgan fingerprint density at radius 1 is 1.45 bits per heavy atom. The largest absolute Gasteiger partial charge is 0.441 e. The number of benzene rings is 1. The Labute approximate surface area is 113 Å². The maximum absolute atomic E-state index is 12.7. The normalized spacial score (nSPS) is 23.1. The van der Waals surface area contributed by atoms with E-state index in [1.54, 1.807) is 6.92 Å². The maximum atomic E-state index is 12.7. The number of ether oxygens (including phenoxy) is 1. The zero-order chi connectivity index (χ0) is 15.0. The minimum atomic E-state index is -4.46. The van der Waals surface area contributed by atoms with Gasteiger partial charge in [0.15, 0.2) is 0 Å². The number of alkyl halides is 3. The lowest BCUT2D eigenvalue weighted by Crippen LogP contribution is -2.32. The molecule has 1 heterocycles. The van der Waals surface area contributed by atoms with Crippen molar-refractivity contribution in [3.05, 3.63) is 29.8 Å². The molecular formula is C13H14F3NO3. The number of carbonyl (C=O) groups is 1. The topological polar surface area (TPSA) is 49.8 Å². The second-order valence-electron chi connectivity index (χ2n) is 4.93. The van der Waals surface area contributed by atoms with Crippen molar-refractivity contribution in [2.24, 2.45) is 0 Å². The summed E-state index contributed by atoms with van der Waals surface area (Å²) in [6.07, 6.45) is -4.94. The summed E-state index contributed by atoms with van der Waals surface area (Å²) in [5.41, 5.74) is -1.58. The van der Waals surface area contributed by atoms with Crippen LogP contribution in [0.3, 0.4) is 0 Å². The van der Waals surface area contributed by atoms with Crippen LogP contribution in [0.1, 0.15) is 18.9 Å². The molecule has 1 atom stereocenters. The summed E-state index contributed by atoms with van der Waals surface area (Å²) in [6.45, 7) is 1.57. The Kier molecular flexibility index (Phi) is 3.64. The van der Waals surface area contributed by atoms with Gasteiger partial charge >= 0.3 is 12.3 Å². The average molecular weight is 289 g/mol. The van der Waals surface area contributed by atoms with Gasteiger partial charge in [-0.05, 0) is 25.1 Å². The molecule has 0 bridgehead atoms. The van der Waals surface area contributed by atoms with E-state index < -0.39 is 23.4 Å². The van der Waals surface area contributed by atoms with Crippen LogP contribution in [-0.4, -0.2) is 30.0 Å². The fourth-order valence-corrected chi connectivity index (χ4v) is 2.11. The number of hydrogen-bond acceptors (Lipinski definition) is 3. The molecule has 1 amide bonds. The number of hydrogen-bond donors (Lipinski definition) is 1. The molecule has 1 aliphatic rings. The summed E-state index contributed by atoms with van der Waals surface area (Å²) in [7, 11) is 0. The molecule has 1 aromatic rings. The van der Waals surface area contributed by atoms with E-state index in [0.717, 1.165) is 17.0 Å². The first-order chi connectivity index (χ1) is 9.25. The van der Waals surface area contributed by atoms with E-state index in [4.69, 9.17) is 9.84 Å². The minimum Gasteiger partial charge on any atom is -0.441 e. The van der Waals surface area contributed by atoms with Gasteiger partial charge in [0, 0.05) is 18.7 Å². The third-order valence-electron chi connectivity index (χ3n) is 3.17. The molecule has 0 saturated carbocycles. The minimum absolute atomic E-state index is 0.105. The maximum Gasteiger partial charge on any atom is 0.416 e. The molecule has 110 valence electrons. The summed E-state index contributed by atoms with van der Waals surface area (Å²) < 4.78 is 43.1. The number of cyclic esters (lactones) is 1. The van der Waals surface area contributed by atoms with Crippen molar-refractivity contribution >= 4 is 11.8 Å². The van der Waals surface area contributed by atoms with Crippen molar-refractivity contribution < 1.29 is 27.8 Å². The number of amides is 1. The van der Waals surface area contributed by atoms with Crippen LogP contribution in [0.2, 0.25) is 0 Å². The van der Waals surface area contributed by atoms with Crippen molar-refractivity contribution in [1.82, 2.24) is 0 Å². The Morgan fingerprint density at radius 2 is 2.15 bits per heavy atom. The third-order valence-corrected chi connectivity index (χ3v) is 3.17. The van der Waals surface area contributed by atoms with Gasteiger partial charge in [-0.1, -0.05) is 6.07 Å². The van der Waals surface area contributed by atoms with Crippen molar-refractivity contribution in [2.45, 2.75) is 25.1 Å². The van der Waals surface area contributed by atoms with Crippen LogP contribution in [0.4, 0.5) is 23.7 Å². The number of carbonyl (C=O) groups excluding carboxylic acids is 1. The van der Waals surface area contributed by atoms with Gasteiger partial charge in [-0.15, -0.1) is 0 Å². The number of halogens is 3. The molecule has 1 fully saturated rings. The molecule has 0 aliphatic carbocycles. The van der Waals surface area contributed by atoms with Gasteiger partial charge in [0.05, 0.1) is 12.1 Å². The molecular weight excluding hydrogens is 275 g/mol. The first-order valence-corrected chi connectivity index (χ1v) is 6.04. The molecule has 1 aliphatic heterocycles. The first-order valence-electron chi connectivity index (χ1n) is 6.04. The molecule has 7 heteroatoms. The number of nitrogens with zero attached hydrogens (tertiary/aromatic N) is 1. The van der Waals surface area contributed by atoms with E-state index in [2.05, 4.69) is 0 Å². The van der Waals surface area contributed by atoms with Gasteiger partial charge in [-0.2, -0.15) is 13.2 Å². The predicted molar refractivity (Wildman–Crippen MR) is 65.4 cm³/mol. The molecule has 20 heavy (non-hydrogen) atoms. The second-order valence-corrected chi connectivity index (χ2v) is 4.93. The predicted octanol–water partition coefficient (Wildman–Crippen LogP) is 2.80. The van der Waals surface area contributed by atoms with Crippen LogP contribution in [-0.2, 0) is 10.9 Å². The number of aliphatic hydroxyl groups is 1. The van der Waals surface area contributed by atoms with Crippen LogP contribution in [0, 0.1) is 0 Å². The number of aliphatic hydroxyl groups excluding tert-OH is 1. The Hall–Kier alpha value is -1.76. The lowest BCUT2D eigenvalue weighted by atomic mass is 10.0. The lowest BCUT2D eigenvalue weighted by Gasteiger charge is -2.20. The monoisotopic (exact) mass is 289 g/mol. The quantitative estimate of drug-likeness (QED) is 0.931. The van der Waals surface area contributed by atoms with E-state index in [0.29, 0.717) is 0 Å². The zero-order valence-electron chi connectivity index (χ0n) is 10.8. The van der Waals surface area contributed by atoms with Crippen molar-refractivity contribution in [1.29, 1.82) is 0 Å². The summed E-state index contributed by atoms with van der Waals surface area (Å²) in [5, 5.41) is 8.93. The summed E-state index contributed by atoms with van der Waals surface area (Å²) in [5.74, 6) is 0. The molecule has 1 aromatic carbocycles.